The zero-order valence-corrected chi connectivity index (χ0v) is 11.4. The molecule has 100 valence electrons. The fourth-order valence-corrected chi connectivity index (χ4v) is 2.80. The second-order valence-electron chi connectivity index (χ2n) is 5.03. The molecule has 1 atom stereocenters. The Balaban J connectivity index is 1.97. The van der Waals surface area contributed by atoms with E-state index in [1.807, 2.05) is 12.1 Å². The van der Waals surface area contributed by atoms with E-state index in [2.05, 4.69) is 41.1 Å². The Hall–Kier alpha value is -2.54. The number of aromatic nitrogens is 1. The first-order chi connectivity index (χ1) is 9.70. The third-order valence-electron chi connectivity index (χ3n) is 3.92. The van der Waals surface area contributed by atoms with Crippen LogP contribution in [0.15, 0.2) is 36.4 Å². The Labute approximate surface area is 118 Å². The Kier molecular flexibility index (Phi) is 3.03. The molecular formula is C16H16N4. The van der Waals surface area contributed by atoms with Crippen molar-refractivity contribution in [3.8, 4) is 6.07 Å². The summed E-state index contributed by atoms with van der Waals surface area (Å²) in [6.07, 6.45) is 1.00. The molecule has 1 aromatic carbocycles. The van der Waals surface area contributed by atoms with Gasteiger partial charge in [-0.05, 0) is 36.6 Å². The van der Waals surface area contributed by atoms with Crippen LogP contribution in [0.1, 0.15) is 29.7 Å². The third kappa shape index (κ3) is 1.97. The number of benzene rings is 1. The van der Waals surface area contributed by atoms with Crippen LogP contribution in [0.4, 0.5) is 11.6 Å². The highest BCUT2D eigenvalue weighted by Crippen LogP contribution is 2.32. The maximum absolute atomic E-state index is 8.92. The molecule has 0 amide bonds. The molecule has 0 fully saturated rings. The Morgan fingerprint density at radius 3 is 2.85 bits per heavy atom. The van der Waals surface area contributed by atoms with Gasteiger partial charge in [-0.25, -0.2) is 4.98 Å². The molecule has 2 N–H and O–H groups in total. The quantitative estimate of drug-likeness (QED) is 0.860. The van der Waals surface area contributed by atoms with E-state index in [0.29, 0.717) is 11.4 Å². The standard InChI is InChI=1S/C16H16N4/c1-11-14-5-3-2-4-12(14)8-9-20(11)15-7-6-13(10-17)16(18)19-15/h2-7,11H,8-9H2,1H3,(H2,18,19). The van der Waals surface area contributed by atoms with Gasteiger partial charge in [-0.1, -0.05) is 24.3 Å². The highest BCUT2D eigenvalue weighted by atomic mass is 15.2. The maximum Gasteiger partial charge on any atom is 0.143 e. The zero-order valence-electron chi connectivity index (χ0n) is 11.4. The van der Waals surface area contributed by atoms with E-state index in [-0.39, 0.29) is 6.04 Å². The monoisotopic (exact) mass is 264 g/mol. The van der Waals surface area contributed by atoms with E-state index < -0.39 is 0 Å². The van der Waals surface area contributed by atoms with Gasteiger partial charge in [0, 0.05) is 6.54 Å². The summed E-state index contributed by atoms with van der Waals surface area (Å²) < 4.78 is 0. The van der Waals surface area contributed by atoms with Crippen LogP contribution in [-0.4, -0.2) is 11.5 Å². The number of anilines is 2. The van der Waals surface area contributed by atoms with Gasteiger partial charge < -0.3 is 10.6 Å². The zero-order chi connectivity index (χ0) is 14.1. The van der Waals surface area contributed by atoms with Gasteiger partial charge in [0.05, 0.1) is 11.6 Å². The minimum atomic E-state index is 0.264. The molecule has 0 saturated heterocycles. The molecule has 1 aliphatic heterocycles. The number of nitrogen functional groups attached to an aromatic ring is 1. The van der Waals surface area contributed by atoms with Crippen molar-refractivity contribution in [1.29, 1.82) is 5.26 Å². The minimum Gasteiger partial charge on any atom is -0.383 e. The summed E-state index contributed by atoms with van der Waals surface area (Å²) in [5, 5.41) is 8.92. The van der Waals surface area contributed by atoms with Gasteiger partial charge in [-0.15, -0.1) is 0 Å². The highest BCUT2D eigenvalue weighted by Gasteiger charge is 2.24. The van der Waals surface area contributed by atoms with Crippen molar-refractivity contribution in [3.05, 3.63) is 53.1 Å². The first-order valence-corrected chi connectivity index (χ1v) is 6.72. The molecule has 0 spiro atoms. The second-order valence-corrected chi connectivity index (χ2v) is 5.03. The molecule has 1 aromatic heterocycles. The van der Waals surface area contributed by atoms with Crippen molar-refractivity contribution in [2.45, 2.75) is 19.4 Å². The molecule has 1 unspecified atom stereocenters. The summed E-state index contributed by atoms with van der Waals surface area (Å²) in [5.41, 5.74) is 8.99. The summed E-state index contributed by atoms with van der Waals surface area (Å²) in [6, 6.07) is 14.4. The number of nitrogens with two attached hydrogens (primary N) is 1. The average Bonchev–Trinajstić information content (AvgIpc) is 2.48. The van der Waals surface area contributed by atoms with Gasteiger partial charge in [0.25, 0.3) is 0 Å². The predicted octanol–water partition coefficient (Wildman–Crippen LogP) is 2.66. The molecule has 3 rings (SSSR count). The van der Waals surface area contributed by atoms with Crippen molar-refractivity contribution in [2.75, 3.05) is 17.2 Å². The first-order valence-electron chi connectivity index (χ1n) is 6.72. The maximum atomic E-state index is 8.92. The number of fused-ring (bicyclic) bond motifs is 1. The highest BCUT2D eigenvalue weighted by molar-refractivity contribution is 5.56. The van der Waals surface area contributed by atoms with Gasteiger partial charge >= 0.3 is 0 Å². The third-order valence-corrected chi connectivity index (χ3v) is 3.92. The smallest absolute Gasteiger partial charge is 0.143 e. The Morgan fingerprint density at radius 2 is 2.10 bits per heavy atom. The normalized spacial score (nSPS) is 17.4. The first kappa shape index (κ1) is 12.5. The molecule has 4 nitrogen and oxygen atoms in total. The lowest BCUT2D eigenvalue weighted by atomic mass is 9.93. The molecule has 2 heterocycles. The van der Waals surface area contributed by atoms with Gasteiger partial charge in [0.1, 0.15) is 17.7 Å². The SMILES string of the molecule is CC1c2ccccc2CCN1c1ccc(C#N)c(N)n1. The lowest BCUT2D eigenvalue weighted by Crippen LogP contribution is -2.34. The van der Waals surface area contributed by atoms with Crippen LogP contribution < -0.4 is 10.6 Å². The summed E-state index contributed by atoms with van der Waals surface area (Å²) in [6.45, 7) is 3.09. The second kappa shape index (κ2) is 4.86. The molecular weight excluding hydrogens is 248 g/mol. The largest absolute Gasteiger partial charge is 0.383 e. The number of pyridine rings is 1. The van der Waals surface area contributed by atoms with E-state index in [0.717, 1.165) is 18.8 Å². The van der Waals surface area contributed by atoms with E-state index in [4.69, 9.17) is 11.0 Å². The van der Waals surface area contributed by atoms with Crippen molar-refractivity contribution >= 4 is 11.6 Å². The number of nitrogens with zero attached hydrogens (tertiary/aromatic N) is 3. The molecule has 0 saturated carbocycles. The van der Waals surface area contributed by atoms with Crippen molar-refractivity contribution in [2.24, 2.45) is 0 Å². The average molecular weight is 264 g/mol. The van der Waals surface area contributed by atoms with Crippen molar-refractivity contribution in [1.82, 2.24) is 4.98 Å². The van der Waals surface area contributed by atoms with Gasteiger partial charge in [0.15, 0.2) is 0 Å². The summed E-state index contributed by atoms with van der Waals surface area (Å²) >= 11 is 0. The van der Waals surface area contributed by atoms with E-state index in [1.165, 1.54) is 11.1 Å². The summed E-state index contributed by atoms with van der Waals surface area (Å²) in [7, 11) is 0. The van der Waals surface area contributed by atoms with Crippen molar-refractivity contribution in [3.63, 3.8) is 0 Å². The fourth-order valence-electron chi connectivity index (χ4n) is 2.80. The lowest BCUT2D eigenvalue weighted by Gasteiger charge is -2.36. The number of rotatable bonds is 1. The molecule has 0 bridgehead atoms. The number of hydrogen-bond donors (Lipinski definition) is 1. The van der Waals surface area contributed by atoms with Gasteiger partial charge in [0.2, 0.25) is 0 Å². The molecule has 20 heavy (non-hydrogen) atoms. The Bertz CT molecular complexity index is 687. The molecule has 2 aromatic rings. The number of nitriles is 1. The van der Waals surface area contributed by atoms with Crippen LogP contribution in [0.5, 0.6) is 0 Å². The Morgan fingerprint density at radius 1 is 1.30 bits per heavy atom. The molecule has 1 aliphatic rings. The lowest BCUT2D eigenvalue weighted by molar-refractivity contribution is 0.617. The van der Waals surface area contributed by atoms with E-state index >= 15 is 0 Å². The van der Waals surface area contributed by atoms with Crippen LogP contribution in [0.25, 0.3) is 0 Å². The van der Waals surface area contributed by atoms with Gasteiger partial charge in [-0.3, -0.25) is 0 Å². The summed E-state index contributed by atoms with van der Waals surface area (Å²) in [5.74, 6) is 1.14. The van der Waals surface area contributed by atoms with Crippen LogP contribution in [0, 0.1) is 11.3 Å². The molecule has 0 radical (unpaired) electrons. The molecule has 0 aliphatic carbocycles. The predicted molar refractivity (Wildman–Crippen MR) is 79.3 cm³/mol. The topological polar surface area (TPSA) is 65.9 Å². The molecule has 4 heteroatoms. The van der Waals surface area contributed by atoms with Gasteiger partial charge in [-0.2, -0.15) is 5.26 Å². The fraction of sp³-hybridized carbons (Fsp3) is 0.250. The van der Waals surface area contributed by atoms with Crippen molar-refractivity contribution < 1.29 is 0 Å². The van der Waals surface area contributed by atoms with Crippen LogP contribution in [0.3, 0.4) is 0 Å². The van der Waals surface area contributed by atoms with Crippen LogP contribution >= 0.6 is 0 Å². The van der Waals surface area contributed by atoms with Crippen LogP contribution in [0.2, 0.25) is 0 Å². The van der Waals surface area contributed by atoms with Crippen LogP contribution in [-0.2, 0) is 6.42 Å². The van der Waals surface area contributed by atoms with E-state index in [9.17, 15) is 0 Å². The minimum absolute atomic E-state index is 0.264. The summed E-state index contributed by atoms with van der Waals surface area (Å²) in [4.78, 5) is 6.61. The number of hydrogen-bond acceptors (Lipinski definition) is 4. The van der Waals surface area contributed by atoms with E-state index in [1.54, 1.807) is 6.07 Å².